The fourth-order valence-corrected chi connectivity index (χ4v) is 4.89. The Balaban J connectivity index is 1.40. The molecule has 1 atom stereocenters. The van der Waals surface area contributed by atoms with Gasteiger partial charge in [0.2, 0.25) is 11.8 Å². The van der Waals surface area contributed by atoms with Crippen molar-refractivity contribution in [1.29, 1.82) is 0 Å². The number of carbonyl (C=O) groups is 2. The maximum absolute atomic E-state index is 12.9. The van der Waals surface area contributed by atoms with Gasteiger partial charge in [0.15, 0.2) is 5.17 Å². The molecule has 2 heterocycles. The number of nitrogens with zero attached hydrogens (tertiary/aromatic N) is 3. The topological polar surface area (TPSA) is 96.5 Å². The molecule has 8 nitrogen and oxygen atoms in total. The molecule has 1 N–H and O–H groups in total. The van der Waals surface area contributed by atoms with E-state index in [1.807, 2.05) is 25.1 Å². The molecule has 0 bridgehead atoms. The molecule has 0 aliphatic carbocycles. The Bertz CT molecular complexity index is 1340. The first-order valence-electron chi connectivity index (χ1n) is 11.6. The van der Waals surface area contributed by atoms with Gasteiger partial charge in [0.1, 0.15) is 22.5 Å². The standard InChI is InChI=1S/C27H25ClN4O4S/c1-3-15-32-26(34)24(16-25(33)30-18-9-11-19(12-10-18)35-4-2)37-27(32)31-29-17-20-13-14-23(36-20)21-7-5-6-8-22(21)28/h3,5-14,17,24H,1,4,15-16H2,2H3,(H,30,33)/b29-17+,31-27-. The molecule has 10 heteroatoms. The van der Waals surface area contributed by atoms with E-state index in [4.69, 9.17) is 20.8 Å². The van der Waals surface area contributed by atoms with Crippen LogP contribution in [-0.4, -0.2) is 46.5 Å². The number of amides is 2. The predicted molar refractivity (Wildman–Crippen MR) is 148 cm³/mol. The summed E-state index contributed by atoms with van der Waals surface area (Å²) in [6.07, 6.45) is 3.05. The first kappa shape index (κ1) is 26.2. The SMILES string of the molecule is C=CCN1C(=O)C(CC(=O)Nc2ccc(OCC)cc2)S/C1=N\N=C\c1ccc(-c2ccccc2Cl)o1. The summed E-state index contributed by atoms with van der Waals surface area (Å²) in [6, 6.07) is 18.0. The second-order valence-corrected chi connectivity index (χ2v) is 9.44. The number of benzene rings is 2. The zero-order valence-corrected chi connectivity index (χ0v) is 21.7. The van der Waals surface area contributed by atoms with Gasteiger partial charge < -0.3 is 14.5 Å². The first-order valence-corrected chi connectivity index (χ1v) is 12.8. The number of thioether (sulfide) groups is 1. The van der Waals surface area contributed by atoms with Crippen LogP contribution in [0.4, 0.5) is 5.69 Å². The third kappa shape index (κ3) is 6.69. The van der Waals surface area contributed by atoms with Gasteiger partial charge in [-0.3, -0.25) is 14.5 Å². The van der Waals surface area contributed by atoms with E-state index in [1.165, 1.54) is 22.9 Å². The minimum Gasteiger partial charge on any atom is -0.494 e. The van der Waals surface area contributed by atoms with Crippen LogP contribution >= 0.6 is 23.4 Å². The monoisotopic (exact) mass is 536 g/mol. The van der Waals surface area contributed by atoms with E-state index >= 15 is 0 Å². The Morgan fingerprint density at radius 2 is 2.00 bits per heavy atom. The molecule has 2 amide bonds. The minimum absolute atomic E-state index is 0.00747. The molecule has 0 radical (unpaired) electrons. The number of hydrogen-bond donors (Lipinski definition) is 1. The molecular formula is C27H25ClN4O4S. The summed E-state index contributed by atoms with van der Waals surface area (Å²) in [5.41, 5.74) is 1.40. The van der Waals surface area contributed by atoms with Crippen LogP contribution < -0.4 is 10.1 Å². The summed E-state index contributed by atoms with van der Waals surface area (Å²) < 4.78 is 11.2. The number of anilines is 1. The van der Waals surface area contributed by atoms with E-state index in [0.29, 0.717) is 34.0 Å². The quantitative estimate of drug-likeness (QED) is 0.199. The van der Waals surface area contributed by atoms with E-state index in [-0.39, 0.29) is 24.8 Å². The van der Waals surface area contributed by atoms with Crippen molar-refractivity contribution in [3.05, 3.63) is 84.1 Å². The normalized spacial score (nSPS) is 16.5. The molecule has 1 fully saturated rings. The molecule has 37 heavy (non-hydrogen) atoms. The molecule has 1 aliphatic heterocycles. The Kier molecular flexibility index (Phi) is 8.81. The Labute approximate surface area is 224 Å². The summed E-state index contributed by atoms with van der Waals surface area (Å²) in [7, 11) is 0. The smallest absolute Gasteiger partial charge is 0.243 e. The highest BCUT2D eigenvalue weighted by Crippen LogP contribution is 2.31. The van der Waals surface area contributed by atoms with Gasteiger partial charge in [-0.1, -0.05) is 41.6 Å². The lowest BCUT2D eigenvalue weighted by atomic mass is 10.2. The lowest BCUT2D eigenvalue weighted by molar-refractivity contribution is -0.127. The van der Waals surface area contributed by atoms with Crippen molar-refractivity contribution in [3.8, 4) is 17.1 Å². The Morgan fingerprint density at radius 1 is 1.22 bits per heavy atom. The van der Waals surface area contributed by atoms with Crippen LogP contribution in [0.1, 0.15) is 19.1 Å². The van der Waals surface area contributed by atoms with Crippen LogP contribution in [0.2, 0.25) is 5.02 Å². The van der Waals surface area contributed by atoms with Gasteiger partial charge in [-0.25, -0.2) is 0 Å². The zero-order chi connectivity index (χ0) is 26.2. The zero-order valence-electron chi connectivity index (χ0n) is 20.1. The Morgan fingerprint density at radius 3 is 2.73 bits per heavy atom. The first-order chi connectivity index (χ1) is 18.0. The van der Waals surface area contributed by atoms with E-state index in [0.717, 1.165) is 11.3 Å². The molecule has 3 aromatic rings. The minimum atomic E-state index is -0.618. The van der Waals surface area contributed by atoms with E-state index in [1.54, 1.807) is 48.5 Å². The number of rotatable bonds is 10. The molecule has 1 aromatic heterocycles. The number of furan rings is 1. The number of ether oxygens (including phenoxy) is 1. The molecule has 1 saturated heterocycles. The van der Waals surface area contributed by atoms with E-state index in [2.05, 4.69) is 22.1 Å². The molecular weight excluding hydrogens is 512 g/mol. The van der Waals surface area contributed by atoms with Crippen LogP contribution in [0.25, 0.3) is 11.3 Å². The lowest BCUT2D eigenvalue weighted by Gasteiger charge is -2.13. The van der Waals surface area contributed by atoms with Crippen molar-refractivity contribution < 1.29 is 18.7 Å². The lowest BCUT2D eigenvalue weighted by Crippen LogP contribution is -2.33. The fraction of sp³-hybridized carbons (Fsp3) is 0.185. The van der Waals surface area contributed by atoms with Gasteiger partial charge >= 0.3 is 0 Å². The second-order valence-electron chi connectivity index (χ2n) is 7.86. The van der Waals surface area contributed by atoms with Crippen molar-refractivity contribution in [1.82, 2.24) is 4.90 Å². The molecule has 4 rings (SSSR count). The summed E-state index contributed by atoms with van der Waals surface area (Å²) >= 11 is 7.42. The molecule has 2 aromatic carbocycles. The second kappa shape index (κ2) is 12.4. The van der Waals surface area contributed by atoms with E-state index < -0.39 is 5.25 Å². The third-order valence-corrected chi connectivity index (χ3v) is 6.74. The largest absolute Gasteiger partial charge is 0.494 e. The summed E-state index contributed by atoms with van der Waals surface area (Å²) in [6.45, 7) is 6.43. The number of halogens is 1. The number of amidine groups is 1. The fourth-order valence-electron chi connectivity index (χ4n) is 3.56. The van der Waals surface area contributed by atoms with Crippen molar-refractivity contribution in [3.63, 3.8) is 0 Å². The van der Waals surface area contributed by atoms with Crippen molar-refractivity contribution >= 4 is 52.2 Å². The maximum atomic E-state index is 12.9. The number of carbonyl (C=O) groups excluding carboxylic acids is 2. The molecule has 0 saturated carbocycles. The van der Waals surface area contributed by atoms with Gasteiger partial charge in [-0.2, -0.15) is 5.10 Å². The average Bonchev–Trinajstić information content (AvgIpc) is 3.46. The average molecular weight is 537 g/mol. The highest BCUT2D eigenvalue weighted by atomic mass is 35.5. The summed E-state index contributed by atoms with van der Waals surface area (Å²) in [5, 5.41) is 11.5. The van der Waals surface area contributed by atoms with Crippen LogP contribution in [0, 0.1) is 0 Å². The highest BCUT2D eigenvalue weighted by Gasteiger charge is 2.38. The molecule has 0 spiro atoms. The van der Waals surface area contributed by atoms with Gasteiger partial charge in [0, 0.05) is 24.2 Å². The molecule has 190 valence electrons. The van der Waals surface area contributed by atoms with Crippen LogP contribution in [-0.2, 0) is 9.59 Å². The van der Waals surface area contributed by atoms with Crippen molar-refractivity contribution in [2.24, 2.45) is 10.2 Å². The van der Waals surface area contributed by atoms with Gasteiger partial charge in [0.05, 0.1) is 17.8 Å². The predicted octanol–water partition coefficient (Wildman–Crippen LogP) is 5.85. The van der Waals surface area contributed by atoms with Gasteiger partial charge in [0.25, 0.3) is 0 Å². The van der Waals surface area contributed by atoms with Crippen molar-refractivity contribution in [2.45, 2.75) is 18.6 Å². The van der Waals surface area contributed by atoms with Crippen LogP contribution in [0.3, 0.4) is 0 Å². The number of nitrogens with one attached hydrogen (secondary N) is 1. The maximum Gasteiger partial charge on any atom is 0.243 e. The van der Waals surface area contributed by atoms with Crippen molar-refractivity contribution in [2.75, 3.05) is 18.5 Å². The highest BCUT2D eigenvalue weighted by molar-refractivity contribution is 8.15. The van der Waals surface area contributed by atoms with Gasteiger partial charge in [-0.05, 0) is 55.5 Å². The Hall–Kier alpha value is -3.82. The molecule has 1 aliphatic rings. The van der Waals surface area contributed by atoms with Crippen LogP contribution in [0.15, 0.2) is 87.9 Å². The summed E-state index contributed by atoms with van der Waals surface area (Å²) in [4.78, 5) is 27.0. The van der Waals surface area contributed by atoms with Crippen LogP contribution in [0.5, 0.6) is 5.75 Å². The third-order valence-electron chi connectivity index (χ3n) is 5.25. The van der Waals surface area contributed by atoms with Gasteiger partial charge in [-0.15, -0.1) is 11.7 Å². The number of hydrogen-bond acceptors (Lipinski definition) is 7. The molecule has 1 unspecified atom stereocenters. The summed E-state index contributed by atoms with van der Waals surface area (Å²) in [5.74, 6) is 1.31. The van der Waals surface area contributed by atoms with E-state index in [9.17, 15) is 9.59 Å².